The number of nitrogens with one attached hydrogen (secondary N) is 1. The molecule has 1 saturated carbocycles. The van der Waals surface area contributed by atoms with Gasteiger partial charge in [0.05, 0.1) is 5.69 Å². The van der Waals surface area contributed by atoms with Gasteiger partial charge in [0.1, 0.15) is 0 Å². The molecule has 1 aromatic rings. The molecule has 0 aliphatic heterocycles. The molecule has 3 N–H and O–H groups in total. The summed E-state index contributed by atoms with van der Waals surface area (Å²) < 4.78 is 0. The van der Waals surface area contributed by atoms with Crippen molar-refractivity contribution in [1.82, 2.24) is 4.98 Å². The topological polar surface area (TPSA) is 58.9 Å². The van der Waals surface area contributed by atoms with Crippen LogP contribution in [0.5, 0.6) is 0 Å². The Morgan fingerprint density at radius 2 is 2.13 bits per heavy atom. The molecule has 1 fully saturated rings. The predicted octanol–water partition coefficient (Wildman–Crippen LogP) is 1.96. The smallest absolute Gasteiger partial charge is 0.182 e. The zero-order valence-electron chi connectivity index (χ0n) is 8.91. The van der Waals surface area contributed by atoms with Crippen molar-refractivity contribution in [3.63, 3.8) is 0 Å². The third-order valence-corrected chi connectivity index (χ3v) is 3.41. The molecule has 1 aliphatic rings. The molecule has 0 atom stereocenters. The Kier molecular flexibility index (Phi) is 3.21. The Labute approximate surface area is 90.1 Å². The number of aromatic amines is 1. The molecule has 82 valence electrons. The summed E-state index contributed by atoms with van der Waals surface area (Å²) in [6.45, 7) is 0.767. The van der Waals surface area contributed by atoms with Gasteiger partial charge in [0.25, 0.3) is 0 Å². The highest BCUT2D eigenvalue weighted by molar-refractivity contribution is 5.96. The number of Topliss-reactive ketones (excluding diaryl/α,β-unsaturated/α-hetero) is 1. The van der Waals surface area contributed by atoms with Crippen LogP contribution in [-0.2, 0) is 0 Å². The van der Waals surface area contributed by atoms with E-state index in [-0.39, 0.29) is 11.7 Å². The van der Waals surface area contributed by atoms with Gasteiger partial charge >= 0.3 is 0 Å². The Bertz CT molecular complexity index is 310. The molecule has 3 nitrogen and oxygen atoms in total. The monoisotopic (exact) mass is 206 g/mol. The van der Waals surface area contributed by atoms with E-state index in [9.17, 15) is 4.79 Å². The number of hydrogen-bond acceptors (Lipinski definition) is 2. The highest BCUT2D eigenvalue weighted by atomic mass is 16.1. The van der Waals surface area contributed by atoms with Gasteiger partial charge in [-0.3, -0.25) is 4.79 Å². The van der Waals surface area contributed by atoms with Crippen LogP contribution in [0.25, 0.3) is 0 Å². The van der Waals surface area contributed by atoms with Crippen LogP contribution in [0, 0.1) is 11.8 Å². The lowest BCUT2D eigenvalue weighted by atomic mass is 9.79. The molecule has 3 heteroatoms. The maximum Gasteiger partial charge on any atom is 0.182 e. The van der Waals surface area contributed by atoms with Crippen LogP contribution >= 0.6 is 0 Å². The van der Waals surface area contributed by atoms with Crippen molar-refractivity contribution in [2.45, 2.75) is 25.7 Å². The highest BCUT2D eigenvalue weighted by Gasteiger charge is 2.26. The van der Waals surface area contributed by atoms with E-state index in [2.05, 4.69) is 4.98 Å². The van der Waals surface area contributed by atoms with Crippen molar-refractivity contribution in [1.29, 1.82) is 0 Å². The van der Waals surface area contributed by atoms with Gasteiger partial charge in [-0.1, -0.05) is 0 Å². The Balaban J connectivity index is 1.93. The molecule has 1 heterocycles. The summed E-state index contributed by atoms with van der Waals surface area (Å²) in [6.07, 6.45) is 6.01. The van der Waals surface area contributed by atoms with Crippen molar-refractivity contribution in [2.24, 2.45) is 17.6 Å². The minimum atomic E-state index is 0.214. The van der Waals surface area contributed by atoms with Gasteiger partial charge in [-0.15, -0.1) is 0 Å². The molecule has 0 aromatic carbocycles. The van der Waals surface area contributed by atoms with E-state index in [1.165, 1.54) is 0 Å². The number of carbonyl (C=O) groups is 1. The van der Waals surface area contributed by atoms with Crippen LogP contribution < -0.4 is 5.73 Å². The van der Waals surface area contributed by atoms with Crippen molar-refractivity contribution < 1.29 is 4.79 Å². The number of carbonyl (C=O) groups excluding carboxylic acids is 1. The number of ketones is 1. The Morgan fingerprint density at radius 3 is 2.67 bits per heavy atom. The molecule has 0 saturated heterocycles. The van der Waals surface area contributed by atoms with Gasteiger partial charge in [-0.05, 0) is 50.3 Å². The summed E-state index contributed by atoms with van der Waals surface area (Å²) in [5, 5.41) is 0. The van der Waals surface area contributed by atoms with E-state index in [1.807, 2.05) is 12.1 Å². The second kappa shape index (κ2) is 4.62. The molecule has 0 bridgehead atoms. The van der Waals surface area contributed by atoms with E-state index in [4.69, 9.17) is 5.73 Å². The normalized spacial score (nSPS) is 26.5. The first-order chi connectivity index (χ1) is 7.31. The summed E-state index contributed by atoms with van der Waals surface area (Å²) in [4.78, 5) is 15.0. The predicted molar refractivity (Wildman–Crippen MR) is 59.6 cm³/mol. The molecule has 15 heavy (non-hydrogen) atoms. The van der Waals surface area contributed by atoms with Gasteiger partial charge in [0, 0.05) is 12.1 Å². The fourth-order valence-electron chi connectivity index (χ4n) is 2.36. The van der Waals surface area contributed by atoms with E-state index in [0.29, 0.717) is 5.92 Å². The standard InChI is InChI=1S/C12H18N2O/c13-8-9-3-5-10(6-4-9)12(15)11-2-1-7-14-11/h1-2,7,9-10,14H,3-6,8,13H2. The summed E-state index contributed by atoms with van der Waals surface area (Å²) in [5.74, 6) is 1.12. The largest absolute Gasteiger partial charge is 0.359 e. The Hall–Kier alpha value is -1.09. The van der Waals surface area contributed by atoms with E-state index in [0.717, 1.165) is 37.9 Å². The fourth-order valence-corrected chi connectivity index (χ4v) is 2.36. The number of nitrogens with two attached hydrogens (primary N) is 1. The van der Waals surface area contributed by atoms with E-state index >= 15 is 0 Å². The van der Waals surface area contributed by atoms with E-state index in [1.54, 1.807) is 6.20 Å². The zero-order chi connectivity index (χ0) is 10.7. The van der Waals surface area contributed by atoms with Crippen LogP contribution in [0.3, 0.4) is 0 Å². The minimum absolute atomic E-state index is 0.214. The fraction of sp³-hybridized carbons (Fsp3) is 0.583. The van der Waals surface area contributed by atoms with Gasteiger partial charge in [0.15, 0.2) is 5.78 Å². The summed E-state index contributed by atoms with van der Waals surface area (Å²) in [5.41, 5.74) is 6.38. The third kappa shape index (κ3) is 2.29. The van der Waals surface area contributed by atoms with Crippen LogP contribution in [0.4, 0.5) is 0 Å². The maximum absolute atomic E-state index is 12.0. The lowest BCUT2D eigenvalue weighted by molar-refractivity contribution is 0.0869. The SMILES string of the molecule is NCC1CCC(C(=O)c2ccc[nH]2)CC1. The molecular formula is C12H18N2O. The average Bonchev–Trinajstić information content (AvgIpc) is 2.82. The van der Waals surface area contributed by atoms with Gasteiger partial charge in [-0.2, -0.15) is 0 Å². The van der Waals surface area contributed by atoms with Crippen LogP contribution in [0.15, 0.2) is 18.3 Å². The van der Waals surface area contributed by atoms with Crippen LogP contribution in [0.2, 0.25) is 0 Å². The zero-order valence-corrected chi connectivity index (χ0v) is 8.91. The molecule has 1 aliphatic carbocycles. The lowest BCUT2D eigenvalue weighted by Crippen LogP contribution is -2.25. The maximum atomic E-state index is 12.0. The molecule has 0 amide bonds. The van der Waals surface area contributed by atoms with Crippen molar-refractivity contribution in [3.05, 3.63) is 24.0 Å². The van der Waals surface area contributed by atoms with Crippen LogP contribution in [-0.4, -0.2) is 17.3 Å². The summed E-state index contributed by atoms with van der Waals surface area (Å²) in [6, 6.07) is 3.73. The highest BCUT2D eigenvalue weighted by Crippen LogP contribution is 2.30. The molecule has 0 radical (unpaired) electrons. The third-order valence-electron chi connectivity index (χ3n) is 3.41. The van der Waals surface area contributed by atoms with Gasteiger partial charge in [0.2, 0.25) is 0 Å². The van der Waals surface area contributed by atoms with Crippen LogP contribution in [0.1, 0.15) is 36.2 Å². The van der Waals surface area contributed by atoms with Gasteiger partial charge < -0.3 is 10.7 Å². The minimum Gasteiger partial charge on any atom is -0.359 e. The summed E-state index contributed by atoms with van der Waals surface area (Å²) in [7, 11) is 0. The van der Waals surface area contributed by atoms with E-state index < -0.39 is 0 Å². The number of H-pyrrole nitrogens is 1. The number of aromatic nitrogens is 1. The number of rotatable bonds is 3. The molecule has 0 spiro atoms. The molecular weight excluding hydrogens is 188 g/mol. The second-order valence-electron chi connectivity index (χ2n) is 4.40. The quantitative estimate of drug-likeness (QED) is 0.743. The lowest BCUT2D eigenvalue weighted by Gasteiger charge is -2.26. The second-order valence-corrected chi connectivity index (χ2v) is 4.40. The Morgan fingerprint density at radius 1 is 1.40 bits per heavy atom. The molecule has 0 unspecified atom stereocenters. The molecule has 1 aromatic heterocycles. The van der Waals surface area contributed by atoms with Gasteiger partial charge in [-0.25, -0.2) is 0 Å². The average molecular weight is 206 g/mol. The first-order valence-corrected chi connectivity index (χ1v) is 5.69. The van der Waals surface area contributed by atoms with Crippen molar-refractivity contribution in [2.75, 3.05) is 6.54 Å². The molecule has 2 rings (SSSR count). The number of hydrogen-bond donors (Lipinski definition) is 2. The first kappa shape index (κ1) is 10.4. The summed E-state index contributed by atoms with van der Waals surface area (Å²) >= 11 is 0. The first-order valence-electron chi connectivity index (χ1n) is 5.69. The van der Waals surface area contributed by atoms with Crippen molar-refractivity contribution in [3.8, 4) is 0 Å². The van der Waals surface area contributed by atoms with Crippen molar-refractivity contribution >= 4 is 5.78 Å².